The standard InChI is InChI=1S/C19H18N6.C9H18/c1-13-18(17-9-22-25(3)12-17)10-20-19(23-13)15-6-4-5-14(7-15)16-8-21-24(2)11-16;1-2-6-9-7-4-3-5-8-9/h4-12H,1-3H3;9H,2-8H2,1H3. The van der Waals surface area contributed by atoms with Gasteiger partial charge in [-0.15, -0.1) is 0 Å². The Morgan fingerprint density at radius 3 is 2.15 bits per heavy atom. The molecule has 0 unspecified atom stereocenters. The molecule has 0 aliphatic heterocycles. The summed E-state index contributed by atoms with van der Waals surface area (Å²) in [6.45, 7) is 4.30. The first kappa shape index (κ1) is 23.9. The Morgan fingerprint density at radius 2 is 1.53 bits per heavy atom. The van der Waals surface area contributed by atoms with Crippen LogP contribution in [0.25, 0.3) is 33.6 Å². The lowest BCUT2D eigenvalue weighted by Crippen LogP contribution is -2.04. The van der Waals surface area contributed by atoms with Crippen molar-refractivity contribution in [2.24, 2.45) is 20.0 Å². The molecule has 0 amide bonds. The Labute approximate surface area is 203 Å². The molecule has 0 N–H and O–H groups in total. The van der Waals surface area contributed by atoms with E-state index in [1.165, 1.54) is 44.9 Å². The number of hydrogen-bond acceptors (Lipinski definition) is 4. The van der Waals surface area contributed by atoms with Crippen LogP contribution < -0.4 is 0 Å². The van der Waals surface area contributed by atoms with E-state index in [1.54, 1.807) is 9.36 Å². The Bertz CT molecular complexity index is 1200. The molecule has 178 valence electrons. The van der Waals surface area contributed by atoms with Crippen molar-refractivity contribution in [3.05, 3.63) is 60.9 Å². The molecule has 3 aromatic heterocycles. The summed E-state index contributed by atoms with van der Waals surface area (Å²) < 4.78 is 3.57. The summed E-state index contributed by atoms with van der Waals surface area (Å²) in [6.07, 6.45) is 19.9. The Balaban J connectivity index is 0.000000257. The van der Waals surface area contributed by atoms with Gasteiger partial charge in [0.25, 0.3) is 0 Å². The highest BCUT2D eigenvalue weighted by Crippen LogP contribution is 2.28. The van der Waals surface area contributed by atoms with Gasteiger partial charge in [-0.3, -0.25) is 9.36 Å². The van der Waals surface area contributed by atoms with Gasteiger partial charge in [0, 0.05) is 60.6 Å². The van der Waals surface area contributed by atoms with Crippen molar-refractivity contribution in [3.8, 4) is 33.6 Å². The van der Waals surface area contributed by atoms with Gasteiger partial charge in [-0.25, -0.2) is 9.97 Å². The fourth-order valence-electron chi connectivity index (χ4n) is 4.74. The molecule has 0 bridgehead atoms. The van der Waals surface area contributed by atoms with Gasteiger partial charge in [0.05, 0.1) is 12.4 Å². The third-order valence-corrected chi connectivity index (χ3v) is 6.58. The lowest BCUT2D eigenvalue weighted by atomic mass is 9.86. The molecule has 1 saturated carbocycles. The average molecular weight is 457 g/mol. The van der Waals surface area contributed by atoms with Crippen LogP contribution in [0.5, 0.6) is 0 Å². The van der Waals surface area contributed by atoms with E-state index in [9.17, 15) is 0 Å². The van der Waals surface area contributed by atoms with E-state index >= 15 is 0 Å². The second-order valence-corrected chi connectivity index (χ2v) is 9.37. The fourth-order valence-corrected chi connectivity index (χ4v) is 4.74. The van der Waals surface area contributed by atoms with E-state index in [-0.39, 0.29) is 0 Å². The van der Waals surface area contributed by atoms with Crippen molar-refractivity contribution < 1.29 is 0 Å². The predicted octanol–water partition coefficient (Wildman–Crippen LogP) is 6.62. The van der Waals surface area contributed by atoms with Crippen LogP contribution in [0.1, 0.15) is 57.6 Å². The minimum atomic E-state index is 0.718. The zero-order chi connectivity index (χ0) is 23.9. The quantitative estimate of drug-likeness (QED) is 0.338. The second kappa shape index (κ2) is 11.2. The molecule has 1 aliphatic carbocycles. The molecule has 6 nitrogen and oxygen atoms in total. The molecular formula is C28H36N6. The van der Waals surface area contributed by atoms with Crippen molar-refractivity contribution in [1.29, 1.82) is 0 Å². The first-order chi connectivity index (χ1) is 16.5. The number of rotatable bonds is 5. The molecule has 34 heavy (non-hydrogen) atoms. The van der Waals surface area contributed by atoms with Crippen LogP contribution in [0.15, 0.2) is 55.2 Å². The summed E-state index contributed by atoms with van der Waals surface area (Å²) in [5.41, 5.74) is 6.12. The van der Waals surface area contributed by atoms with Gasteiger partial charge in [0.2, 0.25) is 0 Å². The molecule has 4 aromatic rings. The number of benzene rings is 1. The molecular weight excluding hydrogens is 420 g/mol. The third kappa shape index (κ3) is 5.99. The van der Waals surface area contributed by atoms with E-state index in [1.807, 2.05) is 64.1 Å². The summed E-state index contributed by atoms with van der Waals surface area (Å²) >= 11 is 0. The second-order valence-electron chi connectivity index (χ2n) is 9.37. The maximum atomic E-state index is 4.70. The highest BCUT2D eigenvalue weighted by Gasteiger charge is 2.11. The van der Waals surface area contributed by atoms with E-state index in [0.717, 1.165) is 45.3 Å². The fraction of sp³-hybridized carbons (Fsp3) is 0.429. The lowest BCUT2D eigenvalue weighted by Gasteiger charge is -2.20. The van der Waals surface area contributed by atoms with Crippen LogP contribution >= 0.6 is 0 Å². The first-order valence-electron chi connectivity index (χ1n) is 12.5. The third-order valence-electron chi connectivity index (χ3n) is 6.58. The minimum Gasteiger partial charge on any atom is -0.275 e. The number of nitrogens with zero attached hydrogens (tertiary/aromatic N) is 6. The van der Waals surface area contributed by atoms with Gasteiger partial charge in [-0.1, -0.05) is 70.1 Å². The molecule has 5 rings (SSSR count). The van der Waals surface area contributed by atoms with E-state index in [4.69, 9.17) is 4.98 Å². The monoisotopic (exact) mass is 456 g/mol. The zero-order valence-electron chi connectivity index (χ0n) is 20.9. The van der Waals surface area contributed by atoms with Gasteiger partial charge < -0.3 is 0 Å². The largest absolute Gasteiger partial charge is 0.275 e. The molecule has 0 radical (unpaired) electrons. The number of hydrogen-bond donors (Lipinski definition) is 0. The summed E-state index contributed by atoms with van der Waals surface area (Å²) in [4.78, 5) is 9.27. The van der Waals surface area contributed by atoms with Gasteiger partial charge in [0.15, 0.2) is 5.82 Å². The molecule has 1 aromatic carbocycles. The van der Waals surface area contributed by atoms with Gasteiger partial charge >= 0.3 is 0 Å². The molecule has 3 heterocycles. The summed E-state index contributed by atoms with van der Waals surface area (Å²) in [5.74, 6) is 1.82. The van der Waals surface area contributed by atoms with Crippen molar-refractivity contribution in [2.75, 3.05) is 0 Å². The lowest BCUT2D eigenvalue weighted by molar-refractivity contribution is 0.336. The normalized spacial score (nSPS) is 14.0. The van der Waals surface area contributed by atoms with E-state index in [0.29, 0.717) is 0 Å². The van der Waals surface area contributed by atoms with Crippen LogP contribution in [0.4, 0.5) is 0 Å². The van der Waals surface area contributed by atoms with Crippen molar-refractivity contribution in [1.82, 2.24) is 29.5 Å². The predicted molar refractivity (Wildman–Crippen MR) is 138 cm³/mol. The molecule has 0 spiro atoms. The average Bonchev–Trinajstić information content (AvgIpc) is 3.49. The maximum absolute atomic E-state index is 4.70. The molecule has 6 heteroatoms. The SMILES string of the molecule is CCCC1CCCCC1.Cc1nc(-c2cccc(-c3cnn(C)c3)c2)ncc1-c1cnn(C)c1. The Hall–Kier alpha value is -3.28. The van der Waals surface area contributed by atoms with Crippen LogP contribution in [0, 0.1) is 12.8 Å². The minimum absolute atomic E-state index is 0.718. The highest BCUT2D eigenvalue weighted by molar-refractivity contribution is 5.70. The topological polar surface area (TPSA) is 61.4 Å². The van der Waals surface area contributed by atoms with E-state index < -0.39 is 0 Å². The molecule has 1 fully saturated rings. The van der Waals surface area contributed by atoms with Crippen molar-refractivity contribution >= 4 is 0 Å². The van der Waals surface area contributed by atoms with Crippen LogP contribution in [0.3, 0.4) is 0 Å². The van der Waals surface area contributed by atoms with Gasteiger partial charge in [-0.05, 0) is 24.5 Å². The van der Waals surface area contributed by atoms with Gasteiger partial charge in [-0.2, -0.15) is 10.2 Å². The number of aryl methyl sites for hydroxylation is 3. The van der Waals surface area contributed by atoms with Crippen molar-refractivity contribution in [3.63, 3.8) is 0 Å². The van der Waals surface area contributed by atoms with Crippen LogP contribution in [-0.4, -0.2) is 29.5 Å². The van der Waals surface area contributed by atoms with E-state index in [2.05, 4.69) is 34.2 Å². The maximum Gasteiger partial charge on any atom is 0.159 e. The van der Waals surface area contributed by atoms with Crippen LogP contribution in [0.2, 0.25) is 0 Å². The highest BCUT2D eigenvalue weighted by atomic mass is 15.2. The zero-order valence-corrected chi connectivity index (χ0v) is 20.9. The Morgan fingerprint density at radius 1 is 0.853 bits per heavy atom. The smallest absolute Gasteiger partial charge is 0.159 e. The number of aromatic nitrogens is 6. The molecule has 1 aliphatic rings. The molecule has 0 saturated heterocycles. The van der Waals surface area contributed by atoms with Crippen molar-refractivity contribution in [2.45, 2.75) is 58.8 Å². The van der Waals surface area contributed by atoms with Crippen LogP contribution in [-0.2, 0) is 14.1 Å². The summed E-state index contributed by atoms with van der Waals surface area (Å²) in [7, 11) is 3.81. The molecule has 0 atom stereocenters. The first-order valence-corrected chi connectivity index (χ1v) is 12.5. The summed E-state index contributed by atoms with van der Waals surface area (Å²) in [5, 5.41) is 8.45. The Kier molecular flexibility index (Phi) is 7.88. The van der Waals surface area contributed by atoms with Gasteiger partial charge in [0.1, 0.15) is 0 Å². The summed E-state index contributed by atoms with van der Waals surface area (Å²) in [6, 6.07) is 8.21.